The molecule has 0 bridgehead atoms. The molecule has 96 valence electrons. The first-order valence-electron chi connectivity index (χ1n) is 7.16. The normalized spacial score (nSPS) is 12.6. The molecule has 0 aliphatic rings. The van der Waals surface area contributed by atoms with Crippen LogP contribution < -0.4 is 5.32 Å². The molecule has 0 radical (unpaired) electrons. The van der Waals surface area contributed by atoms with Crippen LogP contribution in [-0.4, -0.2) is 6.54 Å². The van der Waals surface area contributed by atoms with Crippen LogP contribution in [0, 0.1) is 0 Å². The highest BCUT2D eigenvalue weighted by molar-refractivity contribution is 5.18. The molecule has 0 aliphatic carbocycles. The fraction of sp³-hybridized carbons (Fsp3) is 0.625. The summed E-state index contributed by atoms with van der Waals surface area (Å²) >= 11 is 0. The molecule has 1 nitrogen and oxygen atoms in total. The number of benzene rings is 1. The van der Waals surface area contributed by atoms with Gasteiger partial charge in [0, 0.05) is 6.04 Å². The van der Waals surface area contributed by atoms with Crippen molar-refractivity contribution in [3.8, 4) is 0 Å². The van der Waals surface area contributed by atoms with Crippen molar-refractivity contribution in [2.75, 3.05) is 6.54 Å². The van der Waals surface area contributed by atoms with Gasteiger partial charge in [-0.3, -0.25) is 0 Å². The summed E-state index contributed by atoms with van der Waals surface area (Å²) < 4.78 is 0. The third kappa shape index (κ3) is 5.88. The minimum absolute atomic E-state index is 0.549. The second-order valence-electron chi connectivity index (χ2n) is 4.77. The molecule has 1 aromatic carbocycles. The van der Waals surface area contributed by atoms with E-state index in [1.54, 1.807) is 0 Å². The van der Waals surface area contributed by atoms with Gasteiger partial charge in [-0.25, -0.2) is 0 Å². The fourth-order valence-electron chi connectivity index (χ4n) is 2.13. The molecule has 0 saturated heterocycles. The van der Waals surface area contributed by atoms with Gasteiger partial charge in [-0.15, -0.1) is 0 Å². The zero-order chi connectivity index (χ0) is 12.3. The van der Waals surface area contributed by atoms with Crippen LogP contribution in [0.4, 0.5) is 0 Å². The van der Waals surface area contributed by atoms with E-state index in [0.29, 0.717) is 6.04 Å². The highest BCUT2D eigenvalue weighted by atomic mass is 14.9. The minimum Gasteiger partial charge on any atom is -0.310 e. The van der Waals surface area contributed by atoms with Crippen LogP contribution in [0.15, 0.2) is 30.3 Å². The number of unbranched alkanes of at least 4 members (excludes halogenated alkanes) is 3. The number of nitrogens with one attached hydrogen (secondary N) is 1. The summed E-state index contributed by atoms with van der Waals surface area (Å²) in [4.78, 5) is 0. The third-order valence-electron chi connectivity index (χ3n) is 3.22. The van der Waals surface area contributed by atoms with Crippen LogP contribution in [0.1, 0.15) is 64.0 Å². The standard InChI is InChI=1S/C16H27N/c1-3-5-10-14-17-16(13-6-4-2)15-11-8-7-9-12-15/h7-9,11-12,16-17H,3-6,10,13-14H2,1-2H3. The maximum Gasteiger partial charge on any atom is 0.0320 e. The van der Waals surface area contributed by atoms with E-state index in [0.717, 1.165) is 6.54 Å². The van der Waals surface area contributed by atoms with Crippen LogP contribution in [0.2, 0.25) is 0 Å². The van der Waals surface area contributed by atoms with Crippen molar-refractivity contribution in [3.05, 3.63) is 35.9 Å². The van der Waals surface area contributed by atoms with Gasteiger partial charge in [0.2, 0.25) is 0 Å². The van der Waals surface area contributed by atoms with Gasteiger partial charge in [0.1, 0.15) is 0 Å². The van der Waals surface area contributed by atoms with Crippen LogP contribution >= 0.6 is 0 Å². The summed E-state index contributed by atoms with van der Waals surface area (Å²) in [6, 6.07) is 11.4. The quantitative estimate of drug-likeness (QED) is 0.610. The molecule has 1 rings (SSSR count). The first kappa shape index (κ1) is 14.2. The van der Waals surface area contributed by atoms with Gasteiger partial charge in [-0.1, -0.05) is 69.9 Å². The predicted octanol–water partition coefficient (Wildman–Crippen LogP) is 4.70. The van der Waals surface area contributed by atoms with E-state index in [-0.39, 0.29) is 0 Å². The SMILES string of the molecule is CCCCCNC(CCCC)c1ccccc1. The molecule has 0 aromatic heterocycles. The monoisotopic (exact) mass is 233 g/mol. The molecule has 1 atom stereocenters. The maximum absolute atomic E-state index is 3.71. The Morgan fingerprint density at radius 2 is 1.65 bits per heavy atom. The van der Waals surface area contributed by atoms with Crippen molar-refractivity contribution < 1.29 is 0 Å². The number of hydrogen-bond acceptors (Lipinski definition) is 1. The van der Waals surface area contributed by atoms with Gasteiger partial charge >= 0.3 is 0 Å². The van der Waals surface area contributed by atoms with Crippen molar-refractivity contribution in [2.45, 2.75) is 58.4 Å². The minimum atomic E-state index is 0.549. The van der Waals surface area contributed by atoms with Crippen molar-refractivity contribution in [1.29, 1.82) is 0 Å². The second-order valence-corrected chi connectivity index (χ2v) is 4.77. The molecular weight excluding hydrogens is 206 g/mol. The molecular formula is C16H27N. The number of hydrogen-bond donors (Lipinski definition) is 1. The molecule has 0 aliphatic heterocycles. The Morgan fingerprint density at radius 3 is 2.29 bits per heavy atom. The van der Waals surface area contributed by atoms with Gasteiger partial charge in [-0.2, -0.15) is 0 Å². The van der Waals surface area contributed by atoms with Gasteiger partial charge in [-0.05, 0) is 24.9 Å². The Balaban J connectivity index is 2.43. The summed E-state index contributed by atoms with van der Waals surface area (Å²) in [5.41, 5.74) is 1.44. The smallest absolute Gasteiger partial charge is 0.0320 e. The summed E-state index contributed by atoms with van der Waals surface area (Å²) in [7, 11) is 0. The molecule has 0 heterocycles. The van der Waals surface area contributed by atoms with Gasteiger partial charge in [0.25, 0.3) is 0 Å². The lowest BCUT2D eigenvalue weighted by molar-refractivity contribution is 0.470. The highest BCUT2D eigenvalue weighted by Crippen LogP contribution is 2.19. The Morgan fingerprint density at radius 1 is 0.941 bits per heavy atom. The van der Waals surface area contributed by atoms with E-state index >= 15 is 0 Å². The van der Waals surface area contributed by atoms with Crippen LogP contribution in [-0.2, 0) is 0 Å². The van der Waals surface area contributed by atoms with Crippen molar-refractivity contribution in [3.63, 3.8) is 0 Å². The third-order valence-corrected chi connectivity index (χ3v) is 3.22. The first-order chi connectivity index (χ1) is 8.38. The lowest BCUT2D eigenvalue weighted by atomic mass is 10.0. The van der Waals surface area contributed by atoms with Gasteiger partial charge in [0.05, 0.1) is 0 Å². The average Bonchev–Trinajstić information content (AvgIpc) is 2.39. The van der Waals surface area contributed by atoms with E-state index < -0.39 is 0 Å². The molecule has 0 amide bonds. The summed E-state index contributed by atoms with van der Waals surface area (Å²) in [5.74, 6) is 0. The maximum atomic E-state index is 3.71. The van der Waals surface area contributed by atoms with Crippen molar-refractivity contribution >= 4 is 0 Å². The number of rotatable bonds is 9. The fourth-order valence-corrected chi connectivity index (χ4v) is 2.13. The van der Waals surface area contributed by atoms with Gasteiger partial charge < -0.3 is 5.32 Å². The largest absolute Gasteiger partial charge is 0.310 e. The Kier molecular flexibility index (Phi) is 7.74. The zero-order valence-electron chi connectivity index (χ0n) is 11.4. The van der Waals surface area contributed by atoms with Crippen molar-refractivity contribution in [2.24, 2.45) is 0 Å². The highest BCUT2D eigenvalue weighted by Gasteiger charge is 2.08. The topological polar surface area (TPSA) is 12.0 Å². The van der Waals surface area contributed by atoms with E-state index in [2.05, 4.69) is 49.5 Å². The Hall–Kier alpha value is -0.820. The lowest BCUT2D eigenvalue weighted by Crippen LogP contribution is -2.22. The lowest BCUT2D eigenvalue weighted by Gasteiger charge is -2.19. The average molecular weight is 233 g/mol. The van der Waals surface area contributed by atoms with E-state index in [1.807, 2.05) is 0 Å². The van der Waals surface area contributed by atoms with Crippen LogP contribution in [0.25, 0.3) is 0 Å². The molecule has 0 saturated carbocycles. The van der Waals surface area contributed by atoms with E-state index in [4.69, 9.17) is 0 Å². The van der Waals surface area contributed by atoms with Gasteiger partial charge in [0.15, 0.2) is 0 Å². The zero-order valence-corrected chi connectivity index (χ0v) is 11.4. The molecule has 1 N–H and O–H groups in total. The Bertz CT molecular complexity index is 268. The summed E-state index contributed by atoms with van der Waals surface area (Å²) in [6.45, 7) is 5.67. The van der Waals surface area contributed by atoms with Crippen molar-refractivity contribution in [1.82, 2.24) is 5.32 Å². The predicted molar refractivity (Wildman–Crippen MR) is 76.2 cm³/mol. The molecule has 0 fully saturated rings. The van der Waals surface area contributed by atoms with Crippen LogP contribution in [0.3, 0.4) is 0 Å². The van der Waals surface area contributed by atoms with Crippen LogP contribution in [0.5, 0.6) is 0 Å². The Labute approximate surface area is 107 Å². The molecule has 0 spiro atoms. The van der Waals surface area contributed by atoms with E-state index in [9.17, 15) is 0 Å². The molecule has 1 heteroatoms. The van der Waals surface area contributed by atoms with E-state index in [1.165, 1.54) is 44.1 Å². The summed E-state index contributed by atoms with van der Waals surface area (Å²) in [5, 5.41) is 3.71. The summed E-state index contributed by atoms with van der Waals surface area (Å²) in [6.07, 6.45) is 7.77. The second kappa shape index (κ2) is 9.23. The molecule has 17 heavy (non-hydrogen) atoms. The first-order valence-corrected chi connectivity index (χ1v) is 7.16. The molecule has 1 unspecified atom stereocenters. The molecule has 1 aromatic rings.